The van der Waals surface area contributed by atoms with Gasteiger partial charge >= 0.3 is 6.09 Å². The average Bonchev–Trinajstić information content (AvgIpc) is 3.15. The van der Waals surface area contributed by atoms with Crippen LogP contribution in [0.4, 0.5) is 9.18 Å². The minimum absolute atomic E-state index is 0.224. The summed E-state index contributed by atoms with van der Waals surface area (Å²) in [5, 5.41) is 3.44. The summed E-state index contributed by atoms with van der Waals surface area (Å²) in [6.45, 7) is 5.38. The van der Waals surface area contributed by atoms with Crippen molar-refractivity contribution in [2.45, 2.75) is 32.4 Å². The van der Waals surface area contributed by atoms with Crippen LogP contribution in [0.3, 0.4) is 0 Å². The molecule has 29 heavy (non-hydrogen) atoms. The van der Waals surface area contributed by atoms with E-state index < -0.39 is 23.6 Å². The van der Waals surface area contributed by atoms with Gasteiger partial charge in [0.25, 0.3) is 0 Å². The van der Waals surface area contributed by atoms with Crippen LogP contribution in [0, 0.1) is 5.82 Å². The number of pyridine rings is 1. The van der Waals surface area contributed by atoms with Crippen LogP contribution in [0.5, 0.6) is 5.75 Å². The number of hydrogen-bond donors (Lipinski definition) is 1. The molecule has 1 amide bonds. The summed E-state index contributed by atoms with van der Waals surface area (Å²) in [7, 11) is 1.58. The van der Waals surface area contributed by atoms with Crippen LogP contribution in [-0.4, -0.2) is 28.8 Å². The maximum Gasteiger partial charge on any atom is 0.408 e. The Morgan fingerprint density at radius 2 is 1.90 bits per heavy atom. The van der Waals surface area contributed by atoms with Crippen LogP contribution in [0.2, 0.25) is 0 Å². The predicted octanol–water partition coefficient (Wildman–Crippen LogP) is 4.97. The third-order valence-corrected chi connectivity index (χ3v) is 4.94. The first-order chi connectivity index (χ1) is 13.8. The van der Waals surface area contributed by atoms with Crippen molar-refractivity contribution in [1.29, 1.82) is 0 Å². The second-order valence-corrected chi connectivity index (χ2v) is 8.31. The van der Waals surface area contributed by atoms with Crippen LogP contribution in [-0.2, 0) is 4.74 Å². The molecule has 0 bridgehead atoms. The Labute approximate surface area is 172 Å². The minimum Gasteiger partial charge on any atom is -0.497 e. The fourth-order valence-corrected chi connectivity index (χ4v) is 3.60. The molecule has 152 valence electrons. The zero-order chi connectivity index (χ0) is 21.0. The molecule has 3 aromatic rings. The standard InChI is InChI=1S/C21H22FN3O3S/c1-21(2,3)28-20(26)25-17(13-7-9-14(27-4)10-8-13)19-24-12-16(29-19)18-15(22)6-5-11-23-18/h5-12,17H,1-4H3,(H,25,26). The van der Waals surface area contributed by atoms with Crippen molar-refractivity contribution in [1.82, 2.24) is 15.3 Å². The highest BCUT2D eigenvalue weighted by Crippen LogP contribution is 2.33. The van der Waals surface area contributed by atoms with Gasteiger partial charge in [-0.05, 0) is 50.6 Å². The molecule has 3 rings (SSSR count). The van der Waals surface area contributed by atoms with Crippen LogP contribution in [0.25, 0.3) is 10.6 Å². The lowest BCUT2D eigenvalue weighted by molar-refractivity contribution is 0.0512. The van der Waals surface area contributed by atoms with Crippen molar-refractivity contribution in [3.05, 3.63) is 65.2 Å². The van der Waals surface area contributed by atoms with E-state index in [0.29, 0.717) is 15.6 Å². The summed E-state index contributed by atoms with van der Waals surface area (Å²) >= 11 is 1.26. The summed E-state index contributed by atoms with van der Waals surface area (Å²) in [5.74, 6) is 0.268. The lowest BCUT2D eigenvalue weighted by Crippen LogP contribution is -2.35. The molecule has 1 aromatic carbocycles. The minimum atomic E-state index is -0.639. The smallest absolute Gasteiger partial charge is 0.408 e. The summed E-state index contributed by atoms with van der Waals surface area (Å²) in [4.78, 5) is 21.5. The SMILES string of the molecule is COc1ccc(C(NC(=O)OC(C)(C)C)c2ncc(-c3ncccc3F)s2)cc1. The van der Waals surface area contributed by atoms with E-state index in [1.165, 1.54) is 29.7 Å². The van der Waals surface area contributed by atoms with Crippen LogP contribution in [0.1, 0.15) is 37.4 Å². The molecule has 0 radical (unpaired) electrons. The third-order valence-electron chi connectivity index (χ3n) is 3.87. The average molecular weight is 415 g/mol. The number of methoxy groups -OCH3 is 1. The summed E-state index contributed by atoms with van der Waals surface area (Å²) < 4.78 is 24.7. The van der Waals surface area contributed by atoms with Crippen molar-refractivity contribution in [2.24, 2.45) is 0 Å². The molecule has 0 aliphatic carbocycles. The number of aromatic nitrogens is 2. The second-order valence-electron chi connectivity index (χ2n) is 7.25. The first-order valence-corrected chi connectivity index (χ1v) is 9.78. The van der Waals surface area contributed by atoms with Crippen molar-refractivity contribution >= 4 is 17.4 Å². The maximum atomic E-state index is 14.1. The number of nitrogens with zero attached hydrogens (tertiary/aromatic N) is 2. The molecular formula is C21H22FN3O3S. The Morgan fingerprint density at radius 3 is 2.52 bits per heavy atom. The first-order valence-electron chi connectivity index (χ1n) is 8.97. The molecular weight excluding hydrogens is 393 g/mol. The highest BCUT2D eigenvalue weighted by Gasteiger charge is 2.25. The number of carbonyl (C=O) groups excluding carboxylic acids is 1. The van der Waals surface area contributed by atoms with Gasteiger partial charge in [0.15, 0.2) is 0 Å². The van der Waals surface area contributed by atoms with Gasteiger partial charge in [-0.15, -0.1) is 11.3 Å². The Morgan fingerprint density at radius 1 is 1.17 bits per heavy atom. The molecule has 2 aromatic heterocycles. The normalized spacial score (nSPS) is 12.3. The number of carbonyl (C=O) groups is 1. The van der Waals surface area contributed by atoms with Gasteiger partial charge in [-0.2, -0.15) is 0 Å². The molecule has 1 N–H and O–H groups in total. The maximum absolute atomic E-state index is 14.1. The predicted molar refractivity (Wildman–Crippen MR) is 110 cm³/mol. The molecule has 0 aliphatic rings. The number of benzene rings is 1. The summed E-state index contributed by atoms with van der Waals surface area (Å²) in [5.41, 5.74) is 0.376. The number of halogens is 1. The molecule has 0 fully saturated rings. The number of amides is 1. The van der Waals surface area contributed by atoms with E-state index in [2.05, 4.69) is 15.3 Å². The number of rotatable bonds is 5. The summed E-state index contributed by atoms with van der Waals surface area (Å²) in [6.07, 6.45) is 2.51. The Kier molecular flexibility index (Phi) is 6.12. The van der Waals surface area contributed by atoms with Crippen molar-refractivity contribution in [2.75, 3.05) is 7.11 Å². The summed E-state index contributed by atoms with van der Waals surface area (Å²) in [6, 6.07) is 9.58. The van der Waals surface area contributed by atoms with E-state index in [4.69, 9.17) is 9.47 Å². The van der Waals surface area contributed by atoms with E-state index in [1.54, 1.807) is 46.2 Å². The van der Waals surface area contributed by atoms with Gasteiger partial charge in [0, 0.05) is 12.4 Å². The van der Waals surface area contributed by atoms with Crippen molar-refractivity contribution in [3.63, 3.8) is 0 Å². The van der Waals surface area contributed by atoms with Gasteiger partial charge < -0.3 is 14.8 Å². The Balaban J connectivity index is 1.94. The van der Waals surface area contributed by atoms with Gasteiger partial charge in [0.1, 0.15) is 33.9 Å². The second kappa shape index (κ2) is 8.57. The van der Waals surface area contributed by atoms with Crippen LogP contribution < -0.4 is 10.1 Å². The number of nitrogens with one attached hydrogen (secondary N) is 1. The van der Waals surface area contributed by atoms with Gasteiger partial charge in [-0.1, -0.05) is 12.1 Å². The van der Waals surface area contributed by atoms with E-state index in [0.717, 1.165) is 5.56 Å². The number of hydrogen-bond acceptors (Lipinski definition) is 6. The number of ether oxygens (including phenoxy) is 2. The monoisotopic (exact) mass is 415 g/mol. The highest BCUT2D eigenvalue weighted by atomic mass is 32.1. The van der Waals surface area contributed by atoms with Crippen LogP contribution >= 0.6 is 11.3 Å². The van der Waals surface area contributed by atoms with E-state index in [1.807, 2.05) is 12.1 Å². The van der Waals surface area contributed by atoms with Gasteiger partial charge in [-0.25, -0.2) is 14.2 Å². The molecule has 6 nitrogen and oxygen atoms in total. The zero-order valence-corrected chi connectivity index (χ0v) is 17.4. The lowest BCUT2D eigenvalue weighted by atomic mass is 10.1. The zero-order valence-electron chi connectivity index (χ0n) is 16.6. The Bertz CT molecular complexity index is 983. The first kappa shape index (κ1) is 20.7. The largest absolute Gasteiger partial charge is 0.497 e. The molecule has 0 saturated heterocycles. The molecule has 1 unspecified atom stereocenters. The lowest BCUT2D eigenvalue weighted by Gasteiger charge is -2.23. The fourth-order valence-electron chi connectivity index (χ4n) is 2.61. The molecule has 0 spiro atoms. The van der Waals surface area contributed by atoms with Gasteiger partial charge in [-0.3, -0.25) is 4.98 Å². The molecule has 1 atom stereocenters. The van der Waals surface area contributed by atoms with Gasteiger partial charge in [0.2, 0.25) is 0 Å². The van der Waals surface area contributed by atoms with Crippen molar-refractivity contribution in [3.8, 4) is 16.3 Å². The highest BCUT2D eigenvalue weighted by molar-refractivity contribution is 7.15. The Hall–Kier alpha value is -3.00. The molecule has 0 saturated carbocycles. The van der Waals surface area contributed by atoms with Gasteiger partial charge in [0.05, 0.1) is 12.0 Å². The molecule has 2 heterocycles. The van der Waals surface area contributed by atoms with E-state index in [9.17, 15) is 9.18 Å². The number of thiazole rings is 1. The quantitative estimate of drug-likeness (QED) is 0.637. The van der Waals surface area contributed by atoms with E-state index in [-0.39, 0.29) is 5.69 Å². The molecule has 0 aliphatic heterocycles. The van der Waals surface area contributed by atoms with Crippen LogP contribution in [0.15, 0.2) is 48.8 Å². The third kappa shape index (κ3) is 5.29. The molecule has 8 heteroatoms. The number of alkyl carbamates (subject to hydrolysis) is 1. The topological polar surface area (TPSA) is 73.3 Å². The van der Waals surface area contributed by atoms with Crippen molar-refractivity contribution < 1.29 is 18.7 Å². The van der Waals surface area contributed by atoms with E-state index >= 15 is 0 Å². The fraction of sp³-hybridized carbons (Fsp3) is 0.286.